The zero-order valence-electron chi connectivity index (χ0n) is 15.0. The molecule has 1 aromatic rings. The minimum atomic E-state index is -3.07. The number of sulfone groups is 1. The van der Waals surface area contributed by atoms with Gasteiger partial charge in [-0.15, -0.1) is 0 Å². The van der Waals surface area contributed by atoms with Crippen LogP contribution in [0.2, 0.25) is 5.02 Å². The van der Waals surface area contributed by atoms with Crippen molar-refractivity contribution in [2.45, 2.75) is 49.8 Å². The summed E-state index contributed by atoms with van der Waals surface area (Å²) < 4.78 is 24.2. The lowest BCUT2D eigenvalue weighted by Crippen LogP contribution is -2.37. The molecule has 3 fully saturated rings. The molecule has 3 aliphatic rings. The Labute approximate surface area is 169 Å². The Kier molecular flexibility index (Phi) is 5.54. The maximum atomic E-state index is 12.5. The highest BCUT2D eigenvalue weighted by molar-refractivity contribution is 8.16. The van der Waals surface area contributed by atoms with Crippen LogP contribution in [0.15, 0.2) is 29.3 Å². The molecule has 4 rings (SSSR count). The van der Waals surface area contributed by atoms with Crippen LogP contribution in [0, 0.1) is 5.92 Å². The van der Waals surface area contributed by atoms with E-state index in [1.165, 1.54) is 37.4 Å². The molecule has 1 saturated carbocycles. The Balaban J connectivity index is 1.55. The number of carbonyl (C=O) groups excluding carboxylic acids is 1. The number of hydrogen-bond acceptors (Lipinski definition) is 4. The van der Waals surface area contributed by atoms with Crippen molar-refractivity contribution in [3.8, 4) is 0 Å². The predicted molar refractivity (Wildman–Crippen MR) is 111 cm³/mol. The van der Waals surface area contributed by atoms with E-state index in [-0.39, 0.29) is 28.7 Å². The second kappa shape index (κ2) is 7.76. The number of amides is 1. The number of carbonyl (C=O) groups is 1. The third kappa shape index (κ3) is 4.35. The first-order chi connectivity index (χ1) is 12.9. The Bertz CT molecular complexity index is 865. The molecule has 8 heteroatoms. The van der Waals surface area contributed by atoms with Crippen LogP contribution >= 0.6 is 23.4 Å². The lowest BCUT2D eigenvalue weighted by atomic mass is 10.0. The van der Waals surface area contributed by atoms with E-state index in [9.17, 15) is 13.2 Å². The summed E-state index contributed by atoms with van der Waals surface area (Å²) >= 11 is 7.55. The topological polar surface area (TPSA) is 66.8 Å². The highest BCUT2D eigenvalue weighted by atomic mass is 35.5. The maximum absolute atomic E-state index is 12.5. The van der Waals surface area contributed by atoms with E-state index in [4.69, 9.17) is 11.6 Å². The van der Waals surface area contributed by atoms with Crippen molar-refractivity contribution >= 4 is 50.0 Å². The molecule has 0 radical (unpaired) electrons. The minimum Gasteiger partial charge on any atom is -0.316 e. The van der Waals surface area contributed by atoms with Crippen LogP contribution in [0.25, 0.3) is 0 Å². The van der Waals surface area contributed by atoms with Crippen LogP contribution < -0.4 is 4.90 Å². The smallest absolute Gasteiger partial charge is 0.248 e. The molecular formula is C19H23ClN2O3S2. The molecule has 1 amide bonds. The molecule has 2 atom stereocenters. The molecule has 0 bridgehead atoms. The minimum absolute atomic E-state index is 0.0876. The average Bonchev–Trinajstić information content (AvgIpc) is 3.27. The zero-order chi connectivity index (χ0) is 19.0. The summed E-state index contributed by atoms with van der Waals surface area (Å²) in [5, 5.41) is 1.10. The fourth-order valence-electron chi connectivity index (χ4n) is 4.28. The van der Waals surface area contributed by atoms with Gasteiger partial charge in [-0.1, -0.05) is 55.1 Å². The van der Waals surface area contributed by atoms with Gasteiger partial charge in [-0.25, -0.2) is 8.42 Å². The van der Waals surface area contributed by atoms with E-state index in [0.717, 1.165) is 12.1 Å². The second-order valence-corrected chi connectivity index (χ2v) is 11.4. The number of anilines is 1. The van der Waals surface area contributed by atoms with Crippen LogP contribution in [0.3, 0.4) is 0 Å². The molecule has 2 aliphatic heterocycles. The summed E-state index contributed by atoms with van der Waals surface area (Å²) in [7, 11) is -3.07. The quantitative estimate of drug-likeness (QED) is 0.730. The molecule has 0 aromatic heterocycles. The van der Waals surface area contributed by atoms with Crippen molar-refractivity contribution in [3.05, 3.63) is 29.3 Å². The van der Waals surface area contributed by atoms with Gasteiger partial charge >= 0.3 is 0 Å². The largest absolute Gasteiger partial charge is 0.316 e. The van der Waals surface area contributed by atoms with E-state index < -0.39 is 9.84 Å². The molecule has 1 aliphatic carbocycles. The number of hydrogen-bond donors (Lipinski definition) is 0. The van der Waals surface area contributed by atoms with Crippen molar-refractivity contribution in [2.24, 2.45) is 10.9 Å². The predicted octanol–water partition coefficient (Wildman–Crippen LogP) is 3.91. The van der Waals surface area contributed by atoms with Crippen LogP contribution in [-0.4, -0.2) is 42.3 Å². The first-order valence-electron chi connectivity index (χ1n) is 9.45. The molecule has 0 N–H and O–H groups in total. The standard InChI is InChI=1S/C19H23ClN2O3S2/c20-14-6-3-7-15(10-14)22-16-11-27(24,25)12-17(16)26-19(22)21-18(23)9-8-13-4-1-2-5-13/h3,6-7,10,13,16-17H,1-2,4-5,8-9,11-12H2/t16-,17+/m0/s1. The molecular weight excluding hydrogens is 404 g/mol. The van der Waals surface area contributed by atoms with Gasteiger partial charge in [0.25, 0.3) is 0 Å². The summed E-state index contributed by atoms with van der Waals surface area (Å²) in [5.41, 5.74) is 0.793. The number of halogens is 1. The number of nitrogens with zero attached hydrogens (tertiary/aromatic N) is 2. The SMILES string of the molecule is O=C(CCC1CCCC1)N=C1S[C@@H]2CS(=O)(=O)C[C@@H]2N1c1cccc(Cl)c1. The van der Waals surface area contributed by atoms with E-state index in [0.29, 0.717) is 22.5 Å². The summed E-state index contributed by atoms with van der Waals surface area (Å²) in [4.78, 5) is 18.8. The summed E-state index contributed by atoms with van der Waals surface area (Å²) in [5.74, 6) is 0.763. The van der Waals surface area contributed by atoms with Crippen LogP contribution in [0.5, 0.6) is 0 Å². The Morgan fingerprint density at radius 1 is 1.26 bits per heavy atom. The third-order valence-electron chi connectivity index (χ3n) is 5.61. The van der Waals surface area contributed by atoms with Gasteiger partial charge in [-0.3, -0.25) is 4.79 Å². The van der Waals surface area contributed by atoms with E-state index in [2.05, 4.69) is 4.99 Å². The van der Waals surface area contributed by atoms with Gasteiger partial charge in [0.15, 0.2) is 15.0 Å². The number of aliphatic imine (C=N–C) groups is 1. The maximum Gasteiger partial charge on any atom is 0.248 e. The third-order valence-corrected chi connectivity index (χ3v) is 9.06. The van der Waals surface area contributed by atoms with Gasteiger partial charge < -0.3 is 4.90 Å². The number of benzene rings is 1. The number of amidine groups is 1. The monoisotopic (exact) mass is 426 g/mol. The highest BCUT2D eigenvalue weighted by Gasteiger charge is 2.49. The average molecular weight is 427 g/mol. The van der Waals surface area contributed by atoms with Crippen molar-refractivity contribution < 1.29 is 13.2 Å². The van der Waals surface area contributed by atoms with Crippen LogP contribution in [0.1, 0.15) is 38.5 Å². The molecule has 27 heavy (non-hydrogen) atoms. The van der Waals surface area contributed by atoms with E-state index >= 15 is 0 Å². The Morgan fingerprint density at radius 2 is 2.04 bits per heavy atom. The Hall–Kier alpha value is -1.05. The summed E-state index contributed by atoms with van der Waals surface area (Å²) in [6, 6.07) is 7.10. The van der Waals surface area contributed by atoms with Crippen LogP contribution in [0.4, 0.5) is 5.69 Å². The molecule has 5 nitrogen and oxygen atoms in total. The summed E-state index contributed by atoms with van der Waals surface area (Å²) in [6.45, 7) is 0. The van der Waals surface area contributed by atoms with Crippen molar-refractivity contribution in [1.29, 1.82) is 0 Å². The molecule has 1 aromatic carbocycles. The number of fused-ring (bicyclic) bond motifs is 1. The van der Waals surface area contributed by atoms with Crippen molar-refractivity contribution in [1.82, 2.24) is 0 Å². The van der Waals surface area contributed by atoms with Gasteiger partial charge in [0.05, 0.1) is 17.5 Å². The lowest BCUT2D eigenvalue weighted by molar-refractivity contribution is -0.118. The van der Waals surface area contributed by atoms with Gasteiger partial charge in [0.2, 0.25) is 5.91 Å². The van der Waals surface area contributed by atoms with Gasteiger partial charge in [-0.2, -0.15) is 4.99 Å². The number of thioether (sulfide) groups is 1. The Morgan fingerprint density at radius 3 is 2.78 bits per heavy atom. The normalized spacial score (nSPS) is 28.8. The lowest BCUT2D eigenvalue weighted by Gasteiger charge is -2.24. The van der Waals surface area contributed by atoms with Crippen molar-refractivity contribution in [3.63, 3.8) is 0 Å². The molecule has 2 heterocycles. The molecule has 0 spiro atoms. The zero-order valence-corrected chi connectivity index (χ0v) is 17.4. The van der Waals surface area contributed by atoms with E-state index in [1.807, 2.05) is 17.0 Å². The first-order valence-corrected chi connectivity index (χ1v) is 12.5. The van der Waals surface area contributed by atoms with Gasteiger partial charge in [-0.05, 0) is 30.5 Å². The second-order valence-electron chi connectivity index (χ2n) is 7.63. The molecule has 0 unspecified atom stereocenters. The molecule has 146 valence electrons. The van der Waals surface area contributed by atoms with Crippen molar-refractivity contribution in [2.75, 3.05) is 16.4 Å². The van der Waals surface area contributed by atoms with Gasteiger partial charge in [0.1, 0.15) is 0 Å². The fraction of sp³-hybridized carbons (Fsp3) is 0.579. The van der Waals surface area contributed by atoms with E-state index in [1.54, 1.807) is 12.1 Å². The van der Waals surface area contributed by atoms with Crippen LogP contribution in [-0.2, 0) is 14.6 Å². The fourth-order valence-corrected chi connectivity index (χ4v) is 8.40. The first kappa shape index (κ1) is 19.3. The highest BCUT2D eigenvalue weighted by Crippen LogP contribution is 2.41. The number of rotatable bonds is 4. The molecule has 2 saturated heterocycles. The summed E-state index contributed by atoms with van der Waals surface area (Å²) in [6.07, 6.45) is 6.34. The van der Waals surface area contributed by atoms with Gasteiger partial charge in [0, 0.05) is 22.4 Å².